The number of hydrogen-bond acceptors (Lipinski definition) is 6. The van der Waals surface area contributed by atoms with Crippen LogP contribution in [0, 0.1) is 0 Å². The summed E-state index contributed by atoms with van der Waals surface area (Å²) in [4.78, 5) is 21.8. The lowest BCUT2D eigenvalue weighted by Crippen LogP contribution is -2.22. The number of methoxy groups -OCH3 is 1. The van der Waals surface area contributed by atoms with Crippen LogP contribution in [0.25, 0.3) is 11.0 Å². The number of carbonyl (C=O) groups excluding carboxylic acids is 1. The number of nitrogen functional groups attached to an aromatic ring is 1. The van der Waals surface area contributed by atoms with Gasteiger partial charge < -0.3 is 15.4 Å². The number of esters is 1. The predicted octanol–water partition coefficient (Wildman–Crippen LogP) is 1.60. The van der Waals surface area contributed by atoms with Crippen LogP contribution in [0.4, 0.5) is 11.6 Å². The number of para-hydroxylation sites is 2. The number of nitrogens with two attached hydrogens (primary N) is 1. The Morgan fingerprint density at radius 1 is 1.30 bits per heavy atom. The molecule has 0 fully saturated rings. The molecule has 6 heteroatoms. The van der Waals surface area contributed by atoms with E-state index in [-0.39, 0.29) is 5.97 Å². The summed E-state index contributed by atoms with van der Waals surface area (Å²) in [6.45, 7) is 0.659. The van der Waals surface area contributed by atoms with E-state index in [0.29, 0.717) is 31.0 Å². The monoisotopic (exact) mass is 274 g/mol. The fourth-order valence-corrected chi connectivity index (χ4v) is 1.95. The Morgan fingerprint density at radius 2 is 1.95 bits per heavy atom. The molecule has 0 bridgehead atoms. The fourth-order valence-electron chi connectivity index (χ4n) is 1.95. The molecule has 2 rings (SSSR count). The van der Waals surface area contributed by atoms with Gasteiger partial charge in [0.15, 0.2) is 11.6 Å². The molecule has 2 N–H and O–H groups in total. The molecular formula is C14H18N4O2. The van der Waals surface area contributed by atoms with Crippen molar-refractivity contribution in [1.82, 2.24) is 9.97 Å². The molecule has 0 aliphatic carbocycles. The maximum Gasteiger partial charge on any atom is 0.305 e. The van der Waals surface area contributed by atoms with Crippen LogP contribution in [0.5, 0.6) is 0 Å². The van der Waals surface area contributed by atoms with Gasteiger partial charge in [-0.15, -0.1) is 0 Å². The van der Waals surface area contributed by atoms with E-state index in [1.165, 1.54) is 7.11 Å². The molecule has 0 saturated heterocycles. The molecule has 20 heavy (non-hydrogen) atoms. The first-order valence-electron chi connectivity index (χ1n) is 6.42. The Morgan fingerprint density at radius 3 is 2.60 bits per heavy atom. The molecule has 1 heterocycles. The van der Waals surface area contributed by atoms with Gasteiger partial charge in [-0.1, -0.05) is 12.1 Å². The molecular weight excluding hydrogens is 256 g/mol. The molecule has 0 aliphatic heterocycles. The zero-order chi connectivity index (χ0) is 14.5. The van der Waals surface area contributed by atoms with Crippen LogP contribution < -0.4 is 10.6 Å². The number of benzene rings is 1. The van der Waals surface area contributed by atoms with Crippen LogP contribution in [-0.2, 0) is 9.53 Å². The van der Waals surface area contributed by atoms with E-state index in [2.05, 4.69) is 14.7 Å². The number of hydrogen-bond donors (Lipinski definition) is 1. The smallest absolute Gasteiger partial charge is 0.305 e. The third-order valence-electron chi connectivity index (χ3n) is 3.04. The summed E-state index contributed by atoms with van der Waals surface area (Å²) in [6.07, 6.45) is 1.05. The number of nitrogens with zero attached hydrogens (tertiary/aromatic N) is 3. The van der Waals surface area contributed by atoms with Crippen molar-refractivity contribution in [3.63, 3.8) is 0 Å². The van der Waals surface area contributed by atoms with Crippen molar-refractivity contribution in [3.05, 3.63) is 24.3 Å². The van der Waals surface area contributed by atoms with Gasteiger partial charge in [0.25, 0.3) is 0 Å². The largest absolute Gasteiger partial charge is 0.469 e. The third kappa shape index (κ3) is 3.14. The molecule has 1 aromatic carbocycles. The Balaban J connectivity index is 2.11. The summed E-state index contributed by atoms with van der Waals surface area (Å²) in [5.41, 5.74) is 7.52. The topological polar surface area (TPSA) is 81.3 Å². The molecule has 0 amide bonds. The highest BCUT2D eigenvalue weighted by Crippen LogP contribution is 2.21. The summed E-state index contributed by atoms with van der Waals surface area (Å²) in [5, 5.41) is 0. The first-order chi connectivity index (χ1) is 9.61. The summed E-state index contributed by atoms with van der Waals surface area (Å²) in [6, 6.07) is 7.58. The van der Waals surface area contributed by atoms with Gasteiger partial charge in [0, 0.05) is 20.0 Å². The molecule has 106 valence electrons. The van der Waals surface area contributed by atoms with Gasteiger partial charge in [-0.25, -0.2) is 9.97 Å². The van der Waals surface area contributed by atoms with Crippen LogP contribution in [0.15, 0.2) is 24.3 Å². The predicted molar refractivity (Wildman–Crippen MR) is 78.5 cm³/mol. The minimum absolute atomic E-state index is 0.212. The lowest BCUT2D eigenvalue weighted by atomic mass is 10.3. The van der Waals surface area contributed by atoms with E-state index >= 15 is 0 Å². The zero-order valence-corrected chi connectivity index (χ0v) is 11.7. The van der Waals surface area contributed by atoms with Crippen molar-refractivity contribution in [2.45, 2.75) is 12.8 Å². The molecule has 0 aliphatic rings. The summed E-state index contributed by atoms with van der Waals surface area (Å²) >= 11 is 0. The van der Waals surface area contributed by atoms with Crippen molar-refractivity contribution < 1.29 is 9.53 Å². The van der Waals surface area contributed by atoms with Gasteiger partial charge in [0.1, 0.15) is 0 Å². The van der Waals surface area contributed by atoms with Crippen LogP contribution in [0.2, 0.25) is 0 Å². The van der Waals surface area contributed by atoms with Gasteiger partial charge in [-0.05, 0) is 18.6 Å². The quantitative estimate of drug-likeness (QED) is 0.834. The van der Waals surface area contributed by atoms with Crippen LogP contribution in [-0.4, -0.2) is 36.6 Å². The Labute approximate surface area is 117 Å². The standard InChI is InChI=1S/C14H18N4O2/c1-18(9-5-8-12(19)20-2)14-13(15)16-10-6-3-4-7-11(10)17-14/h3-4,6-7H,5,8-9H2,1-2H3,(H2,15,16). The average molecular weight is 274 g/mol. The molecule has 0 saturated carbocycles. The minimum atomic E-state index is -0.212. The van der Waals surface area contributed by atoms with Gasteiger partial charge in [0.05, 0.1) is 18.1 Å². The van der Waals surface area contributed by atoms with Gasteiger partial charge in [-0.2, -0.15) is 0 Å². The normalized spacial score (nSPS) is 10.5. The number of anilines is 2. The molecule has 0 unspecified atom stereocenters. The van der Waals surface area contributed by atoms with E-state index in [0.717, 1.165) is 11.0 Å². The molecule has 0 atom stereocenters. The van der Waals surface area contributed by atoms with Gasteiger partial charge >= 0.3 is 5.97 Å². The summed E-state index contributed by atoms with van der Waals surface area (Å²) in [5.74, 6) is 0.814. The third-order valence-corrected chi connectivity index (χ3v) is 3.04. The van der Waals surface area contributed by atoms with E-state index in [1.807, 2.05) is 36.2 Å². The molecule has 6 nitrogen and oxygen atoms in total. The van der Waals surface area contributed by atoms with Crippen molar-refractivity contribution in [3.8, 4) is 0 Å². The van der Waals surface area contributed by atoms with E-state index < -0.39 is 0 Å². The Kier molecular flexibility index (Phi) is 4.34. The number of fused-ring (bicyclic) bond motifs is 1. The highest BCUT2D eigenvalue weighted by atomic mass is 16.5. The fraction of sp³-hybridized carbons (Fsp3) is 0.357. The first kappa shape index (κ1) is 14.0. The van der Waals surface area contributed by atoms with Crippen LogP contribution >= 0.6 is 0 Å². The Bertz CT molecular complexity index is 615. The molecule has 2 aromatic rings. The van der Waals surface area contributed by atoms with Crippen molar-refractivity contribution in [2.75, 3.05) is 31.3 Å². The number of ether oxygens (including phenoxy) is 1. The van der Waals surface area contributed by atoms with E-state index in [4.69, 9.17) is 5.73 Å². The molecule has 1 aromatic heterocycles. The number of carbonyl (C=O) groups is 1. The minimum Gasteiger partial charge on any atom is -0.469 e. The zero-order valence-electron chi connectivity index (χ0n) is 11.7. The van der Waals surface area contributed by atoms with E-state index in [9.17, 15) is 4.79 Å². The number of aromatic nitrogens is 2. The van der Waals surface area contributed by atoms with Crippen LogP contribution in [0.3, 0.4) is 0 Å². The van der Waals surface area contributed by atoms with Crippen LogP contribution in [0.1, 0.15) is 12.8 Å². The average Bonchev–Trinajstić information content (AvgIpc) is 2.46. The maximum absolute atomic E-state index is 11.1. The second-order valence-corrected chi connectivity index (χ2v) is 4.52. The van der Waals surface area contributed by atoms with Gasteiger partial charge in [-0.3, -0.25) is 4.79 Å². The first-order valence-corrected chi connectivity index (χ1v) is 6.42. The summed E-state index contributed by atoms with van der Waals surface area (Å²) in [7, 11) is 3.27. The van der Waals surface area contributed by atoms with Crippen molar-refractivity contribution in [1.29, 1.82) is 0 Å². The second kappa shape index (κ2) is 6.18. The molecule has 0 radical (unpaired) electrons. The highest BCUT2D eigenvalue weighted by Gasteiger charge is 2.11. The Hall–Kier alpha value is -2.37. The SMILES string of the molecule is COC(=O)CCCN(C)c1nc2ccccc2nc1N. The number of rotatable bonds is 5. The lowest BCUT2D eigenvalue weighted by molar-refractivity contribution is -0.140. The van der Waals surface area contributed by atoms with Gasteiger partial charge in [0.2, 0.25) is 0 Å². The van der Waals surface area contributed by atoms with E-state index in [1.54, 1.807) is 0 Å². The molecule has 0 spiro atoms. The second-order valence-electron chi connectivity index (χ2n) is 4.52. The van der Waals surface area contributed by atoms with Crippen molar-refractivity contribution >= 4 is 28.6 Å². The maximum atomic E-state index is 11.1. The highest BCUT2D eigenvalue weighted by molar-refractivity contribution is 5.79. The summed E-state index contributed by atoms with van der Waals surface area (Å²) < 4.78 is 4.61. The van der Waals surface area contributed by atoms with Crippen molar-refractivity contribution in [2.24, 2.45) is 0 Å². The lowest BCUT2D eigenvalue weighted by Gasteiger charge is -2.19.